The summed E-state index contributed by atoms with van der Waals surface area (Å²) in [4.78, 5) is 12.2. The molecular formula is C17H25ClN4O2. The van der Waals surface area contributed by atoms with Crippen LogP contribution in [0, 0.1) is 0 Å². The zero-order valence-corrected chi connectivity index (χ0v) is 15.2. The zero-order chi connectivity index (χ0) is 17.2. The first-order valence-electron chi connectivity index (χ1n) is 7.65. The van der Waals surface area contributed by atoms with E-state index in [4.69, 9.17) is 5.73 Å². The second-order valence-corrected chi connectivity index (χ2v) is 6.60. The first-order chi connectivity index (χ1) is 10.7. The van der Waals surface area contributed by atoms with Gasteiger partial charge in [-0.3, -0.25) is 4.79 Å². The summed E-state index contributed by atoms with van der Waals surface area (Å²) in [5, 5.41) is 16.9. The molecule has 1 heterocycles. The number of aromatic hydroxyl groups is 1. The van der Waals surface area contributed by atoms with Crippen molar-refractivity contribution in [1.82, 2.24) is 15.1 Å². The smallest absolute Gasteiger partial charge is 0.276 e. The molecule has 1 aromatic carbocycles. The van der Waals surface area contributed by atoms with Crippen LogP contribution in [0.4, 0.5) is 0 Å². The van der Waals surface area contributed by atoms with Gasteiger partial charge in [-0.1, -0.05) is 26.0 Å². The maximum Gasteiger partial charge on any atom is 0.276 e. The molecule has 0 unspecified atom stereocenters. The third-order valence-electron chi connectivity index (χ3n) is 3.70. The SMILES string of the molecule is CC(C)c1ccc(-n2cc(O)c(C(=O)NC(C)(C)CN)n2)cc1.Cl. The van der Waals surface area contributed by atoms with Gasteiger partial charge >= 0.3 is 0 Å². The molecule has 132 valence electrons. The normalized spacial score (nSPS) is 11.2. The van der Waals surface area contributed by atoms with Crippen molar-refractivity contribution >= 4 is 18.3 Å². The molecule has 2 rings (SSSR count). The summed E-state index contributed by atoms with van der Waals surface area (Å²) in [6.45, 7) is 8.15. The molecule has 1 amide bonds. The molecule has 2 aromatic rings. The van der Waals surface area contributed by atoms with Gasteiger partial charge in [0.25, 0.3) is 5.91 Å². The Morgan fingerprint density at radius 3 is 2.42 bits per heavy atom. The van der Waals surface area contributed by atoms with E-state index in [1.54, 1.807) is 0 Å². The number of nitrogens with one attached hydrogen (secondary N) is 1. The molecule has 0 spiro atoms. The van der Waals surface area contributed by atoms with Crippen LogP contribution in [0.15, 0.2) is 30.5 Å². The number of benzene rings is 1. The van der Waals surface area contributed by atoms with Gasteiger partial charge in [-0.25, -0.2) is 4.68 Å². The molecule has 0 aliphatic carbocycles. The highest BCUT2D eigenvalue weighted by Gasteiger charge is 2.23. The van der Waals surface area contributed by atoms with E-state index >= 15 is 0 Å². The van der Waals surface area contributed by atoms with Crippen LogP contribution in [0.25, 0.3) is 5.69 Å². The number of halogens is 1. The maximum absolute atomic E-state index is 12.2. The summed E-state index contributed by atoms with van der Waals surface area (Å²) in [5.41, 5.74) is 7.02. The summed E-state index contributed by atoms with van der Waals surface area (Å²) in [6.07, 6.45) is 1.43. The molecule has 1 aromatic heterocycles. The van der Waals surface area contributed by atoms with Gasteiger partial charge in [-0.2, -0.15) is 5.10 Å². The van der Waals surface area contributed by atoms with E-state index < -0.39 is 11.4 Å². The van der Waals surface area contributed by atoms with Gasteiger partial charge in [-0.15, -0.1) is 12.4 Å². The van der Waals surface area contributed by atoms with Gasteiger partial charge in [-0.05, 0) is 37.5 Å². The van der Waals surface area contributed by atoms with Crippen molar-refractivity contribution in [2.45, 2.75) is 39.2 Å². The van der Waals surface area contributed by atoms with Crippen molar-refractivity contribution in [3.05, 3.63) is 41.7 Å². The van der Waals surface area contributed by atoms with E-state index in [-0.39, 0.29) is 30.4 Å². The van der Waals surface area contributed by atoms with E-state index in [0.717, 1.165) is 5.69 Å². The monoisotopic (exact) mass is 352 g/mol. The van der Waals surface area contributed by atoms with E-state index in [1.165, 1.54) is 16.4 Å². The lowest BCUT2D eigenvalue weighted by molar-refractivity contribution is 0.0907. The second kappa shape index (κ2) is 7.68. The van der Waals surface area contributed by atoms with Crippen LogP contribution >= 0.6 is 12.4 Å². The van der Waals surface area contributed by atoms with Gasteiger partial charge < -0.3 is 16.2 Å². The largest absolute Gasteiger partial charge is 0.504 e. The topological polar surface area (TPSA) is 93.2 Å². The molecular weight excluding hydrogens is 328 g/mol. The van der Waals surface area contributed by atoms with Gasteiger partial charge in [0.15, 0.2) is 11.4 Å². The first kappa shape index (κ1) is 20.0. The summed E-state index contributed by atoms with van der Waals surface area (Å²) in [7, 11) is 0. The summed E-state index contributed by atoms with van der Waals surface area (Å²) < 4.78 is 1.49. The molecule has 0 saturated heterocycles. The zero-order valence-electron chi connectivity index (χ0n) is 14.4. The van der Waals surface area contributed by atoms with E-state index in [2.05, 4.69) is 24.3 Å². The molecule has 0 bridgehead atoms. The number of amides is 1. The van der Waals surface area contributed by atoms with Crippen molar-refractivity contribution in [2.24, 2.45) is 5.73 Å². The minimum atomic E-state index is -0.563. The van der Waals surface area contributed by atoms with Crippen molar-refractivity contribution < 1.29 is 9.90 Å². The van der Waals surface area contributed by atoms with Crippen LogP contribution in [-0.4, -0.2) is 32.9 Å². The molecule has 0 aliphatic rings. The minimum absolute atomic E-state index is 0. The molecule has 7 heteroatoms. The van der Waals surface area contributed by atoms with Gasteiger partial charge in [0.05, 0.1) is 11.9 Å². The average molecular weight is 353 g/mol. The summed E-state index contributed by atoms with van der Waals surface area (Å²) in [5.74, 6) is -0.173. The number of hydrogen-bond acceptors (Lipinski definition) is 4. The highest BCUT2D eigenvalue weighted by Crippen LogP contribution is 2.21. The number of nitrogens with two attached hydrogens (primary N) is 1. The third kappa shape index (κ3) is 4.49. The van der Waals surface area contributed by atoms with Crippen LogP contribution in [0.2, 0.25) is 0 Å². The Kier molecular flexibility index (Phi) is 6.40. The van der Waals surface area contributed by atoms with Gasteiger partial charge in [0, 0.05) is 12.1 Å². The van der Waals surface area contributed by atoms with Crippen LogP contribution < -0.4 is 11.1 Å². The van der Waals surface area contributed by atoms with Crippen LogP contribution in [0.5, 0.6) is 5.75 Å². The number of aromatic nitrogens is 2. The van der Waals surface area contributed by atoms with Gasteiger partial charge in [0.2, 0.25) is 0 Å². The molecule has 0 fully saturated rings. The van der Waals surface area contributed by atoms with Gasteiger partial charge in [0.1, 0.15) is 0 Å². The quantitative estimate of drug-likeness (QED) is 0.771. The molecule has 0 aliphatic heterocycles. The Bertz CT molecular complexity index is 693. The second-order valence-electron chi connectivity index (χ2n) is 6.60. The Morgan fingerprint density at radius 1 is 1.33 bits per heavy atom. The fraction of sp³-hybridized carbons (Fsp3) is 0.412. The summed E-state index contributed by atoms with van der Waals surface area (Å²) in [6, 6.07) is 7.84. The Morgan fingerprint density at radius 2 is 1.92 bits per heavy atom. The predicted molar refractivity (Wildman–Crippen MR) is 97.2 cm³/mol. The lowest BCUT2D eigenvalue weighted by atomic mass is 10.0. The molecule has 6 nitrogen and oxygen atoms in total. The molecule has 0 atom stereocenters. The van der Waals surface area contributed by atoms with Crippen LogP contribution in [0.3, 0.4) is 0 Å². The first-order valence-corrected chi connectivity index (χ1v) is 7.65. The standard InChI is InChI=1S/C17H24N4O2.ClH/c1-11(2)12-5-7-13(8-6-12)21-9-14(22)15(20-21)16(23)19-17(3,4)10-18;/h5-9,11,22H,10,18H2,1-4H3,(H,19,23);1H. The highest BCUT2D eigenvalue weighted by molar-refractivity contribution is 5.95. The number of nitrogens with zero attached hydrogens (tertiary/aromatic N) is 2. The fourth-order valence-electron chi connectivity index (χ4n) is 2.09. The number of hydrogen-bond donors (Lipinski definition) is 3. The predicted octanol–water partition coefficient (Wildman–Crippen LogP) is 2.59. The Hall–Kier alpha value is -2.05. The van der Waals surface area contributed by atoms with Crippen molar-refractivity contribution in [3.63, 3.8) is 0 Å². The fourth-order valence-corrected chi connectivity index (χ4v) is 2.09. The Labute approximate surface area is 148 Å². The number of carbonyl (C=O) groups excluding carboxylic acids is 1. The lowest BCUT2D eigenvalue weighted by Gasteiger charge is -2.23. The van der Waals surface area contributed by atoms with E-state index in [1.807, 2.05) is 38.1 Å². The summed E-state index contributed by atoms with van der Waals surface area (Å²) >= 11 is 0. The third-order valence-corrected chi connectivity index (χ3v) is 3.70. The average Bonchev–Trinajstić information content (AvgIpc) is 2.89. The minimum Gasteiger partial charge on any atom is -0.504 e. The van der Waals surface area contributed by atoms with E-state index in [0.29, 0.717) is 5.92 Å². The van der Waals surface area contributed by atoms with Crippen LogP contribution in [-0.2, 0) is 0 Å². The van der Waals surface area contributed by atoms with Crippen molar-refractivity contribution in [3.8, 4) is 11.4 Å². The number of carbonyl (C=O) groups is 1. The number of rotatable bonds is 5. The van der Waals surface area contributed by atoms with Crippen molar-refractivity contribution in [1.29, 1.82) is 0 Å². The Balaban J connectivity index is 0.00000288. The molecule has 24 heavy (non-hydrogen) atoms. The lowest BCUT2D eigenvalue weighted by Crippen LogP contribution is -2.49. The molecule has 0 radical (unpaired) electrons. The molecule has 0 saturated carbocycles. The highest BCUT2D eigenvalue weighted by atomic mass is 35.5. The molecule has 4 N–H and O–H groups in total. The maximum atomic E-state index is 12.2. The van der Waals surface area contributed by atoms with E-state index in [9.17, 15) is 9.90 Å². The van der Waals surface area contributed by atoms with Crippen LogP contribution in [0.1, 0.15) is 49.7 Å². The van der Waals surface area contributed by atoms with Crippen molar-refractivity contribution in [2.75, 3.05) is 6.54 Å².